The number of nitrogens with one attached hydrogen (secondary N) is 1. The van der Waals surface area contributed by atoms with Crippen LogP contribution in [0.1, 0.15) is 31.4 Å². The van der Waals surface area contributed by atoms with Crippen LogP contribution < -0.4 is 10.1 Å². The van der Waals surface area contributed by atoms with Crippen LogP contribution in [0.4, 0.5) is 5.69 Å². The molecular weight excluding hydrogens is 380 g/mol. The van der Waals surface area contributed by atoms with Gasteiger partial charge in [0, 0.05) is 25.4 Å². The van der Waals surface area contributed by atoms with Gasteiger partial charge in [-0.25, -0.2) is 0 Å². The molecule has 1 heterocycles. The number of carbonyl (C=O) groups is 2. The second-order valence-electron chi connectivity index (χ2n) is 7.01. The maximum absolute atomic E-state index is 13.2. The smallest absolute Gasteiger partial charge is 0.278 e. The summed E-state index contributed by atoms with van der Waals surface area (Å²) < 4.78 is 10.8. The Balaban J connectivity index is 1.89. The summed E-state index contributed by atoms with van der Waals surface area (Å²) in [5.41, 5.74) is 3.22. The molecule has 0 spiro atoms. The van der Waals surface area contributed by atoms with Gasteiger partial charge in [-0.1, -0.05) is 29.8 Å². The normalized spacial score (nSPS) is 13.9. The highest BCUT2D eigenvalue weighted by Gasteiger charge is 2.38. The first kappa shape index (κ1) is 21.6. The Hall–Kier alpha value is -3.12. The highest BCUT2D eigenvalue weighted by molar-refractivity contribution is 6.36. The topological polar surface area (TPSA) is 67.9 Å². The minimum Gasteiger partial charge on any atom is -0.494 e. The van der Waals surface area contributed by atoms with Gasteiger partial charge in [0.05, 0.1) is 12.2 Å². The molecule has 158 valence electrons. The number of benzene rings is 2. The number of imide groups is 1. The fourth-order valence-corrected chi connectivity index (χ4v) is 3.30. The lowest BCUT2D eigenvalue weighted by atomic mass is 10.0. The number of aryl methyl sites for hydroxylation is 1. The third kappa shape index (κ3) is 4.89. The quantitative estimate of drug-likeness (QED) is 0.475. The van der Waals surface area contributed by atoms with E-state index in [9.17, 15) is 9.59 Å². The van der Waals surface area contributed by atoms with E-state index in [0.717, 1.165) is 22.6 Å². The lowest BCUT2D eigenvalue weighted by Crippen LogP contribution is -2.34. The number of amides is 2. The van der Waals surface area contributed by atoms with Crippen LogP contribution in [0.2, 0.25) is 0 Å². The third-order valence-corrected chi connectivity index (χ3v) is 4.82. The van der Waals surface area contributed by atoms with Crippen LogP contribution in [0.15, 0.2) is 54.2 Å². The zero-order valence-electron chi connectivity index (χ0n) is 17.7. The van der Waals surface area contributed by atoms with Crippen LogP contribution in [-0.4, -0.2) is 43.1 Å². The summed E-state index contributed by atoms with van der Waals surface area (Å²) in [5, 5.41) is 3.17. The third-order valence-electron chi connectivity index (χ3n) is 4.82. The van der Waals surface area contributed by atoms with Gasteiger partial charge >= 0.3 is 0 Å². The largest absolute Gasteiger partial charge is 0.494 e. The Morgan fingerprint density at radius 3 is 2.23 bits per heavy atom. The number of rotatable bonds is 10. The van der Waals surface area contributed by atoms with Gasteiger partial charge in [-0.15, -0.1) is 0 Å². The Morgan fingerprint density at radius 1 is 0.900 bits per heavy atom. The number of hydrogen-bond acceptors (Lipinski definition) is 5. The van der Waals surface area contributed by atoms with Gasteiger partial charge in [-0.05, 0) is 57.0 Å². The van der Waals surface area contributed by atoms with E-state index in [4.69, 9.17) is 9.47 Å². The molecule has 2 aromatic carbocycles. The van der Waals surface area contributed by atoms with Gasteiger partial charge in [0.25, 0.3) is 11.8 Å². The predicted molar refractivity (Wildman–Crippen MR) is 117 cm³/mol. The standard InChI is InChI=1S/C24H28N2O4/c1-4-29-16-6-15-26-23(27)21(18-9-7-17(3)8-10-18)22(24(26)28)25-19-11-13-20(14-12-19)30-5-2/h7-14,25H,4-6,15-16H2,1-3H3. The van der Waals surface area contributed by atoms with E-state index in [1.165, 1.54) is 4.90 Å². The summed E-state index contributed by atoms with van der Waals surface area (Å²) in [6.45, 7) is 7.85. The van der Waals surface area contributed by atoms with E-state index in [-0.39, 0.29) is 11.8 Å². The van der Waals surface area contributed by atoms with Crippen molar-refractivity contribution in [2.24, 2.45) is 0 Å². The zero-order valence-corrected chi connectivity index (χ0v) is 17.7. The van der Waals surface area contributed by atoms with E-state index in [2.05, 4.69) is 5.32 Å². The second-order valence-corrected chi connectivity index (χ2v) is 7.01. The van der Waals surface area contributed by atoms with Crippen molar-refractivity contribution in [1.82, 2.24) is 4.90 Å². The molecule has 0 aliphatic carbocycles. The van der Waals surface area contributed by atoms with Crippen LogP contribution in [-0.2, 0) is 14.3 Å². The first-order valence-electron chi connectivity index (χ1n) is 10.3. The van der Waals surface area contributed by atoms with Crippen LogP contribution in [0.5, 0.6) is 5.75 Å². The molecule has 6 heteroatoms. The number of carbonyl (C=O) groups excluding carboxylic acids is 2. The summed E-state index contributed by atoms with van der Waals surface area (Å²) in [4.78, 5) is 27.6. The molecule has 0 saturated carbocycles. The van der Waals surface area contributed by atoms with Gasteiger partial charge in [0.2, 0.25) is 0 Å². The highest BCUT2D eigenvalue weighted by atomic mass is 16.5. The predicted octanol–water partition coefficient (Wildman–Crippen LogP) is 4.01. The first-order valence-corrected chi connectivity index (χ1v) is 10.3. The second kappa shape index (κ2) is 10.1. The highest BCUT2D eigenvalue weighted by Crippen LogP contribution is 2.31. The van der Waals surface area contributed by atoms with E-state index in [1.54, 1.807) is 0 Å². The van der Waals surface area contributed by atoms with Crippen molar-refractivity contribution in [3.8, 4) is 5.75 Å². The average molecular weight is 408 g/mol. The molecule has 0 unspecified atom stereocenters. The van der Waals surface area contributed by atoms with Crippen molar-refractivity contribution in [2.75, 3.05) is 31.7 Å². The molecule has 6 nitrogen and oxygen atoms in total. The molecule has 1 N–H and O–H groups in total. The van der Waals surface area contributed by atoms with Crippen molar-refractivity contribution in [3.05, 3.63) is 65.4 Å². The Morgan fingerprint density at radius 2 is 1.60 bits per heavy atom. The summed E-state index contributed by atoms with van der Waals surface area (Å²) >= 11 is 0. The molecule has 2 aromatic rings. The van der Waals surface area contributed by atoms with Crippen molar-refractivity contribution < 1.29 is 19.1 Å². The summed E-state index contributed by atoms with van der Waals surface area (Å²) in [6, 6.07) is 15.0. The van der Waals surface area contributed by atoms with Gasteiger partial charge in [-0.2, -0.15) is 0 Å². The fourth-order valence-electron chi connectivity index (χ4n) is 3.30. The minimum absolute atomic E-state index is 0.284. The summed E-state index contributed by atoms with van der Waals surface area (Å²) in [6.07, 6.45) is 0.600. The van der Waals surface area contributed by atoms with Gasteiger partial charge in [0.1, 0.15) is 11.4 Å². The van der Waals surface area contributed by atoms with Gasteiger partial charge in [0.15, 0.2) is 0 Å². The van der Waals surface area contributed by atoms with Crippen LogP contribution in [0.3, 0.4) is 0 Å². The summed E-state index contributed by atoms with van der Waals surface area (Å²) in [5.74, 6) is 0.150. The maximum Gasteiger partial charge on any atom is 0.278 e. The average Bonchev–Trinajstić information content (AvgIpc) is 2.97. The number of ether oxygens (including phenoxy) is 2. The lowest BCUT2D eigenvalue weighted by molar-refractivity contribution is -0.137. The van der Waals surface area contributed by atoms with Crippen molar-refractivity contribution in [2.45, 2.75) is 27.2 Å². The molecule has 0 bridgehead atoms. The van der Waals surface area contributed by atoms with E-state index < -0.39 is 0 Å². The molecule has 1 aliphatic rings. The molecule has 0 fully saturated rings. The number of hydrogen-bond donors (Lipinski definition) is 1. The molecule has 0 atom stereocenters. The molecular formula is C24H28N2O4. The molecule has 0 aromatic heterocycles. The van der Waals surface area contributed by atoms with E-state index in [0.29, 0.717) is 44.1 Å². The van der Waals surface area contributed by atoms with Crippen LogP contribution in [0.25, 0.3) is 5.57 Å². The Bertz CT molecular complexity index is 917. The van der Waals surface area contributed by atoms with Crippen molar-refractivity contribution in [3.63, 3.8) is 0 Å². The minimum atomic E-state index is -0.319. The lowest BCUT2D eigenvalue weighted by Gasteiger charge is -2.15. The van der Waals surface area contributed by atoms with Crippen molar-refractivity contribution in [1.29, 1.82) is 0 Å². The molecule has 3 rings (SSSR count). The fraction of sp³-hybridized carbons (Fsp3) is 0.333. The maximum atomic E-state index is 13.2. The van der Waals surface area contributed by atoms with Crippen LogP contribution >= 0.6 is 0 Å². The zero-order chi connectivity index (χ0) is 21.5. The van der Waals surface area contributed by atoms with E-state index in [1.807, 2.05) is 69.3 Å². The molecule has 30 heavy (non-hydrogen) atoms. The molecule has 0 saturated heterocycles. The Kier molecular flexibility index (Phi) is 7.25. The molecule has 0 radical (unpaired) electrons. The SMILES string of the molecule is CCOCCCN1C(=O)C(Nc2ccc(OCC)cc2)=C(c2ccc(C)cc2)C1=O. The number of nitrogens with zero attached hydrogens (tertiary/aromatic N) is 1. The first-order chi connectivity index (χ1) is 14.5. The van der Waals surface area contributed by atoms with Crippen LogP contribution in [0, 0.1) is 6.92 Å². The molecule has 1 aliphatic heterocycles. The molecule has 2 amide bonds. The van der Waals surface area contributed by atoms with E-state index >= 15 is 0 Å². The van der Waals surface area contributed by atoms with Crippen molar-refractivity contribution >= 4 is 23.1 Å². The number of anilines is 1. The Labute approximate surface area is 177 Å². The summed E-state index contributed by atoms with van der Waals surface area (Å²) in [7, 11) is 0. The van der Waals surface area contributed by atoms with Gasteiger partial charge < -0.3 is 14.8 Å². The monoisotopic (exact) mass is 408 g/mol. The van der Waals surface area contributed by atoms with Gasteiger partial charge in [-0.3, -0.25) is 14.5 Å².